The maximum Gasteiger partial charge on any atom is 0.242 e. The highest BCUT2D eigenvalue weighted by Crippen LogP contribution is 2.26. The van der Waals surface area contributed by atoms with Crippen LogP contribution in [0.3, 0.4) is 0 Å². The first-order valence-electron chi connectivity index (χ1n) is 6.63. The molecule has 0 aromatic carbocycles. The van der Waals surface area contributed by atoms with Crippen LogP contribution in [-0.2, 0) is 23.1 Å². The number of rotatable bonds is 7. The lowest BCUT2D eigenvalue weighted by molar-refractivity contribution is 0.377. The van der Waals surface area contributed by atoms with Crippen molar-refractivity contribution in [2.75, 3.05) is 6.54 Å². The lowest BCUT2D eigenvalue weighted by Crippen LogP contribution is -2.25. The van der Waals surface area contributed by atoms with Gasteiger partial charge in [0.15, 0.2) is 5.76 Å². The molecule has 0 fully saturated rings. The van der Waals surface area contributed by atoms with E-state index in [1.165, 1.54) is 11.3 Å². The monoisotopic (exact) mass is 329 g/mol. The Balaban J connectivity index is 2.17. The van der Waals surface area contributed by atoms with Crippen molar-refractivity contribution in [2.24, 2.45) is 0 Å². The lowest BCUT2D eigenvalue weighted by Gasteiger charge is -2.08. The Morgan fingerprint density at radius 2 is 2.10 bits per heavy atom. The average molecular weight is 329 g/mol. The van der Waals surface area contributed by atoms with Gasteiger partial charge in [-0.2, -0.15) is 0 Å². The van der Waals surface area contributed by atoms with Crippen LogP contribution < -0.4 is 10.0 Å². The molecule has 0 atom stereocenters. The van der Waals surface area contributed by atoms with Gasteiger partial charge < -0.3 is 9.84 Å². The molecule has 0 aliphatic rings. The van der Waals surface area contributed by atoms with E-state index in [9.17, 15) is 8.42 Å². The predicted molar refractivity (Wildman–Crippen MR) is 81.7 cm³/mol. The van der Waals surface area contributed by atoms with E-state index in [1.54, 1.807) is 19.9 Å². The van der Waals surface area contributed by atoms with E-state index < -0.39 is 10.0 Å². The Hall–Kier alpha value is -1.22. The van der Waals surface area contributed by atoms with Crippen LogP contribution in [0.1, 0.15) is 28.8 Å². The second-order valence-corrected chi connectivity index (χ2v) is 7.38. The molecule has 0 unspecified atom stereocenters. The molecule has 6 nitrogen and oxygen atoms in total. The van der Waals surface area contributed by atoms with Gasteiger partial charge in [-0.15, -0.1) is 11.3 Å². The first kappa shape index (κ1) is 16.2. The molecule has 2 N–H and O–H groups in total. The van der Waals surface area contributed by atoms with Gasteiger partial charge in [0, 0.05) is 17.5 Å². The van der Waals surface area contributed by atoms with Crippen LogP contribution in [0.15, 0.2) is 20.9 Å². The normalized spacial score (nSPS) is 12.0. The zero-order chi connectivity index (χ0) is 15.5. The molecule has 0 aliphatic heterocycles. The van der Waals surface area contributed by atoms with E-state index in [4.69, 9.17) is 4.52 Å². The smallest absolute Gasteiger partial charge is 0.242 e. The molecule has 116 valence electrons. The van der Waals surface area contributed by atoms with Gasteiger partial charge in [-0.05, 0) is 31.3 Å². The number of hydrogen-bond acceptors (Lipinski definition) is 6. The second-order valence-electron chi connectivity index (χ2n) is 4.71. The van der Waals surface area contributed by atoms with Gasteiger partial charge in [0.05, 0.1) is 12.2 Å². The lowest BCUT2D eigenvalue weighted by atomic mass is 10.3. The Morgan fingerprint density at radius 3 is 2.71 bits per heavy atom. The second kappa shape index (κ2) is 6.69. The van der Waals surface area contributed by atoms with Gasteiger partial charge in [0.2, 0.25) is 10.0 Å². The molecule has 0 bridgehead atoms. The summed E-state index contributed by atoms with van der Waals surface area (Å²) in [5.41, 5.74) is 1.48. The number of hydrogen-bond donors (Lipinski definition) is 2. The molecule has 2 heterocycles. The van der Waals surface area contributed by atoms with Crippen molar-refractivity contribution in [1.29, 1.82) is 0 Å². The van der Waals surface area contributed by atoms with Crippen molar-refractivity contribution < 1.29 is 12.9 Å². The van der Waals surface area contributed by atoms with Crippen molar-refractivity contribution in [2.45, 2.75) is 38.8 Å². The van der Waals surface area contributed by atoms with Crippen LogP contribution >= 0.6 is 11.3 Å². The van der Waals surface area contributed by atoms with Crippen molar-refractivity contribution >= 4 is 21.4 Å². The fourth-order valence-electron chi connectivity index (χ4n) is 1.95. The van der Waals surface area contributed by atoms with Crippen molar-refractivity contribution in [3.05, 3.63) is 33.3 Å². The molecule has 0 spiro atoms. The van der Waals surface area contributed by atoms with E-state index in [0.717, 1.165) is 22.7 Å². The van der Waals surface area contributed by atoms with Crippen LogP contribution in [0.4, 0.5) is 0 Å². The number of nitrogens with zero attached hydrogens (tertiary/aromatic N) is 1. The summed E-state index contributed by atoms with van der Waals surface area (Å²) in [6, 6.07) is 1.71. The number of nitrogens with one attached hydrogen (secondary N) is 2. The molecular weight excluding hydrogens is 310 g/mol. The molecule has 0 aliphatic carbocycles. The molecule has 0 saturated carbocycles. The number of sulfonamides is 1. The van der Waals surface area contributed by atoms with Gasteiger partial charge in [0.25, 0.3) is 0 Å². The fraction of sp³-hybridized carbons (Fsp3) is 0.462. The predicted octanol–water partition coefficient (Wildman–Crippen LogP) is 1.94. The van der Waals surface area contributed by atoms with Gasteiger partial charge in [-0.3, -0.25) is 0 Å². The third kappa shape index (κ3) is 3.91. The maximum atomic E-state index is 12.5. The van der Waals surface area contributed by atoms with E-state index in [2.05, 4.69) is 15.2 Å². The zero-order valence-corrected chi connectivity index (χ0v) is 13.9. The highest BCUT2D eigenvalue weighted by Gasteiger charge is 2.23. The van der Waals surface area contributed by atoms with E-state index in [-0.39, 0.29) is 6.54 Å². The minimum atomic E-state index is -3.56. The van der Waals surface area contributed by atoms with Crippen LogP contribution in [0.5, 0.6) is 0 Å². The molecule has 2 aromatic heterocycles. The van der Waals surface area contributed by atoms with Gasteiger partial charge in [0.1, 0.15) is 4.90 Å². The standard InChI is InChI=1S/C13H19N3O3S2/c1-4-14-7-12-13(9(2)8-20-12)21(17,18)15-6-11-5-10(3)16-19-11/h5,8,14-15H,4,6-7H2,1-3H3. The van der Waals surface area contributed by atoms with Crippen LogP contribution in [0.2, 0.25) is 0 Å². The molecule has 2 rings (SSSR count). The minimum absolute atomic E-state index is 0.0963. The largest absolute Gasteiger partial charge is 0.360 e. The fourth-order valence-corrected chi connectivity index (χ4v) is 4.72. The van der Waals surface area contributed by atoms with Gasteiger partial charge in [-0.25, -0.2) is 13.1 Å². The summed E-state index contributed by atoms with van der Waals surface area (Å²) in [5.74, 6) is 0.497. The summed E-state index contributed by atoms with van der Waals surface area (Å²) in [5, 5.41) is 8.76. The summed E-state index contributed by atoms with van der Waals surface area (Å²) in [4.78, 5) is 1.18. The Kier molecular flexibility index (Phi) is 5.15. The maximum absolute atomic E-state index is 12.5. The molecule has 21 heavy (non-hydrogen) atoms. The van der Waals surface area contributed by atoms with Gasteiger partial charge in [-0.1, -0.05) is 12.1 Å². The van der Waals surface area contributed by atoms with Crippen molar-refractivity contribution in [3.63, 3.8) is 0 Å². The number of aryl methyl sites for hydroxylation is 2. The Morgan fingerprint density at radius 1 is 1.33 bits per heavy atom. The summed E-state index contributed by atoms with van der Waals surface area (Å²) in [7, 11) is -3.56. The first-order valence-corrected chi connectivity index (χ1v) is 9.00. The van der Waals surface area contributed by atoms with Crippen molar-refractivity contribution in [1.82, 2.24) is 15.2 Å². The van der Waals surface area contributed by atoms with E-state index >= 15 is 0 Å². The number of thiophene rings is 1. The third-order valence-electron chi connectivity index (χ3n) is 2.91. The van der Waals surface area contributed by atoms with Crippen LogP contribution in [-0.4, -0.2) is 20.1 Å². The van der Waals surface area contributed by atoms with E-state index in [1.807, 2.05) is 12.3 Å². The highest BCUT2D eigenvalue weighted by atomic mass is 32.2. The summed E-state index contributed by atoms with van der Waals surface area (Å²) >= 11 is 1.45. The number of aromatic nitrogens is 1. The molecular formula is C13H19N3O3S2. The summed E-state index contributed by atoms with van der Waals surface area (Å²) in [6.45, 7) is 7.02. The molecule has 0 amide bonds. The molecule has 8 heteroatoms. The average Bonchev–Trinajstić information content (AvgIpc) is 3.00. The summed E-state index contributed by atoms with van der Waals surface area (Å²) < 4.78 is 32.5. The molecule has 0 radical (unpaired) electrons. The molecule has 0 saturated heterocycles. The SMILES string of the molecule is CCNCc1scc(C)c1S(=O)(=O)NCc1cc(C)no1. The zero-order valence-electron chi connectivity index (χ0n) is 12.3. The highest BCUT2D eigenvalue weighted by molar-refractivity contribution is 7.89. The van der Waals surface area contributed by atoms with Crippen LogP contribution in [0.25, 0.3) is 0 Å². The topological polar surface area (TPSA) is 84.2 Å². The Labute approximate surface area is 128 Å². The minimum Gasteiger partial charge on any atom is -0.360 e. The van der Waals surface area contributed by atoms with Crippen LogP contribution in [0, 0.1) is 13.8 Å². The first-order chi connectivity index (χ1) is 9.94. The molecule has 2 aromatic rings. The van der Waals surface area contributed by atoms with Gasteiger partial charge >= 0.3 is 0 Å². The quantitative estimate of drug-likeness (QED) is 0.811. The Bertz CT molecular complexity index is 704. The summed E-state index contributed by atoms with van der Waals surface area (Å²) in [6.07, 6.45) is 0. The van der Waals surface area contributed by atoms with E-state index in [0.29, 0.717) is 17.2 Å². The van der Waals surface area contributed by atoms with Crippen molar-refractivity contribution in [3.8, 4) is 0 Å². The third-order valence-corrected chi connectivity index (χ3v) is 5.77.